The van der Waals surface area contributed by atoms with Crippen LogP contribution in [-0.4, -0.2) is 4.57 Å². The van der Waals surface area contributed by atoms with Crippen LogP contribution in [-0.2, 0) is 0 Å². The van der Waals surface area contributed by atoms with E-state index in [4.69, 9.17) is 12.2 Å². The third-order valence-electron chi connectivity index (χ3n) is 1.85. The van der Waals surface area contributed by atoms with Gasteiger partial charge in [0.2, 0.25) is 0 Å². The molecule has 0 saturated heterocycles. The van der Waals surface area contributed by atoms with Crippen molar-refractivity contribution in [2.75, 3.05) is 0 Å². The summed E-state index contributed by atoms with van der Waals surface area (Å²) in [6.07, 6.45) is 3.94. The molecule has 0 spiro atoms. The number of pyridine rings is 1. The van der Waals surface area contributed by atoms with Gasteiger partial charge in [0.05, 0.1) is 0 Å². The van der Waals surface area contributed by atoms with Gasteiger partial charge in [-0.15, -0.1) is 0 Å². The van der Waals surface area contributed by atoms with Crippen LogP contribution in [0.15, 0.2) is 54.9 Å². The smallest absolute Gasteiger partial charge is 0.0449 e. The molecule has 0 amide bonds. The van der Waals surface area contributed by atoms with E-state index in [0.717, 1.165) is 10.2 Å². The third-order valence-corrected chi connectivity index (χ3v) is 2.13. The van der Waals surface area contributed by atoms with Crippen molar-refractivity contribution >= 4 is 12.2 Å². The Morgan fingerprint density at radius 3 is 2.08 bits per heavy atom. The van der Waals surface area contributed by atoms with Gasteiger partial charge in [0.25, 0.3) is 0 Å². The van der Waals surface area contributed by atoms with Gasteiger partial charge < -0.3 is 4.57 Å². The molecule has 1 aromatic carbocycles. The van der Waals surface area contributed by atoms with Crippen LogP contribution >= 0.6 is 12.2 Å². The molecule has 0 radical (unpaired) electrons. The minimum Gasteiger partial charge on any atom is -0.324 e. The second-order valence-corrected chi connectivity index (χ2v) is 3.25. The molecule has 1 aromatic heterocycles. The number of rotatable bonds is 1. The van der Waals surface area contributed by atoms with E-state index in [9.17, 15) is 0 Å². The van der Waals surface area contributed by atoms with Crippen LogP contribution in [0, 0.1) is 4.51 Å². The zero-order valence-electron chi connectivity index (χ0n) is 7.05. The number of para-hydroxylation sites is 1. The molecule has 64 valence electrons. The highest BCUT2D eigenvalue weighted by molar-refractivity contribution is 7.71. The van der Waals surface area contributed by atoms with Crippen LogP contribution in [0.1, 0.15) is 0 Å². The first kappa shape index (κ1) is 8.20. The summed E-state index contributed by atoms with van der Waals surface area (Å²) in [4.78, 5) is 0. The zero-order valence-corrected chi connectivity index (χ0v) is 7.87. The zero-order chi connectivity index (χ0) is 9.10. The molecule has 0 atom stereocenters. The molecule has 0 aliphatic carbocycles. The number of benzene rings is 1. The lowest BCUT2D eigenvalue weighted by molar-refractivity contribution is 1.04. The maximum atomic E-state index is 5.01. The Kier molecular flexibility index (Phi) is 2.23. The molecule has 0 aliphatic rings. The Morgan fingerprint density at radius 1 is 0.846 bits per heavy atom. The second kappa shape index (κ2) is 3.54. The largest absolute Gasteiger partial charge is 0.324 e. The van der Waals surface area contributed by atoms with Crippen molar-refractivity contribution in [3.8, 4) is 5.69 Å². The maximum absolute atomic E-state index is 5.01. The summed E-state index contributed by atoms with van der Waals surface area (Å²) < 4.78 is 2.91. The van der Waals surface area contributed by atoms with Crippen LogP contribution < -0.4 is 0 Å². The fourth-order valence-electron chi connectivity index (χ4n) is 1.19. The maximum Gasteiger partial charge on any atom is 0.0449 e. The van der Waals surface area contributed by atoms with Crippen molar-refractivity contribution in [2.45, 2.75) is 0 Å². The van der Waals surface area contributed by atoms with Crippen LogP contribution in [0.25, 0.3) is 5.69 Å². The Bertz CT molecular complexity index is 425. The Morgan fingerprint density at radius 2 is 1.46 bits per heavy atom. The first-order chi connectivity index (χ1) is 6.36. The van der Waals surface area contributed by atoms with Crippen LogP contribution in [0.5, 0.6) is 0 Å². The van der Waals surface area contributed by atoms with Gasteiger partial charge in [-0.25, -0.2) is 0 Å². The van der Waals surface area contributed by atoms with Crippen molar-refractivity contribution in [2.24, 2.45) is 0 Å². The highest BCUT2D eigenvalue weighted by Gasteiger charge is 1.89. The topological polar surface area (TPSA) is 4.93 Å². The van der Waals surface area contributed by atoms with Crippen molar-refractivity contribution in [3.05, 3.63) is 59.4 Å². The highest BCUT2D eigenvalue weighted by Crippen LogP contribution is 2.05. The molecular formula is C11H9NS. The minimum absolute atomic E-state index is 0.868. The molecule has 0 fully saturated rings. The predicted molar refractivity (Wildman–Crippen MR) is 56.6 cm³/mol. The number of nitrogens with zero attached hydrogens (tertiary/aromatic N) is 1. The van der Waals surface area contributed by atoms with Gasteiger partial charge in [0.1, 0.15) is 0 Å². The molecule has 0 saturated carbocycles. The Balaban J connectivity index is 2.48. The normalized spacial score (nSPS) is 9.85. The van der Waals surface area contributed by atoms with E-state index < -0.39 is 0 Å². The lowest BCUT2D eigenvalue weighted by atomic mass is 10.3. The molecule has 0 aliphatic heterocycles. The fourth-order valence-corrected chi connectivity index (χ4v) is 1.31. The standard InChI is InChI=1S/C11H9NS/c13-11-6-8-12(9-7-11)10-4-2-1-3-5-10/h1-9H. The molecule has 13 heavy (non-hydrogen) atoms. The van der Waals surface area contributed by atoms with Crippen molar-refractivity contribution in [1.29, 1.82) is 0 Å². The predicted octanol–water partition coefficient (Wildman–Crippen LogP) is 3.21. The lowest BCUT2D eigenvalue weighted by Gasteiger charge is -2.04. The van der Waals surface area contributed by atoms with Crippen molar-refractivity contribution < 1.29 is 0 Å². The Hall–Kier alpha value is -1.41. The van der Waals surface area contributed by atoms with Crippen LogP contribution in [0.4, 0.5) is 0 Å². The van der Waals surface area contributed by atoms with E-state index in [1.165, 1.54) is 0 Å². The molecule has 2 aromatic rings. The average molecular weight is 187 g/mol. The van der Waals surface area contributed by atoms with Gasteiger partial charge >= 0.3 is 0 Å². The summed E-state index contributed by atoms with van der Waals surface area (Å²) >= 11 is 5.01. The van der Waals surface area contributed by atoms with E-state index in [1.54, 1.807) is 0 Å². The summed E-state index contributed by atoms with van der Waals surface area (Å²) in [6, 6.07) is 14.0. The minimum atomic E-state index is 0.868. The van der Waals surface area contributed by atoms with E-state index in [0.29, 0.717) is 0 Å². The van der Waals surface area contributed by atoms with Gasteiger partial charge in [-0.2, -0.15) is 0 Å². The van der Waals surface area contributed by atoms with Gasteiger partial charge in [0.15, 0.2) is 0 Å². The number of hydrogen-bond donors (Lipinski definition) is 0. The first-order valence-electron chi connectivity index (χ1n) is 4.10. The summed E-state index contributed by atoms with van der Waals surface area (Å²) in [5.41, 5.74) is 1.15. The van der Waals surface area contributed by atoms with Gasteiger partial charge in [-0.1, -0.05) is 30.4 Å². The molecule has 0 unspecified atom stereocenters. The monoisotopic (exact) mass is 187 g/mol. The van der Waals surface area contributed by atoms with Crippen LogP contribution in [0.3, 0.4) is 0 Å². The molecular weight excluding hydrogens is 178 g/mol. The number of hydrogen-bond acceptors (Lipinski definition) is 1. The summed E-state index contributed by atoms with van der Waals surface area (Å²) in [5, 5.41) is 0. The lowest BCUT2D eigenvalue weighted by Crippen LogP contribution is -1.91. The van der Waals surface area contributed by atoms with E-state index in [2.05, 4.69) is 12.1 Å². The molecule has 2 rings (SSSR count). The Labute approximate surface area is 82.3 Å². The van der Waals surface area contributed by atoms with E-state index in [-0.39, 0.29) is 0 Å². The van der Waals surface area contributed by atoms with E-state index >= 15 is 0 Å². The average Bonchev–Trinajstić information content (AvgIpc) is 2.20. The summed E-state index contributed by atoms with van der Waals surface area (Å²) in [7, 11) is 0. The van der Waals surface area contributed by atoms with E-state index in [1.807, 2.05) is 47.3 Å². The first-order valence-corrected chi connectivity index (χ1v) is 4.51. The quantitative estimate of drug-likeness (QED) is 0.621. The van der Waals surface area contributed by atoms with Crippen LogP contribution in [0.2, 0.25) is 0 Å². The van der Waals surface area contributed by atoms with Gasteiger partial charge in [-0.05, 0) is 24.3 Å². The van der Waals surface area contributed by atoms with Gasteiger partial charge in [-0.3, -0.25) is 0 Å². The summed E-state index contributed by atoms with van der Waals surface area (Å²) in [5.74, 6) is 0. The second-order valence-electron chi connectivity index (χ2n) is 2.78. The molecule has 1 nitrogen and oxygen atoms in total. The van der Waals surface area contributed by atoms with Crippen molar-refractivity contribution in [3.63, 3.8) is 0 Å². The van der Waals surface area contributed by atoms with Crippen molar-refractivity contribution in [1.82, 2.24) is 4.57 Å². The summed E-state index contributed by atoms with van der Waals surface area (Å²) in [6.45, 7) is 0. The third kappa shape index (κ3) is 1.84. The van der Waals surface area contributed by atoms with Gasteiger partial charge in [0, 0.05) is 22.6 Å². The molecule has 0 N–H and O–H groups in total. The number of aromatic nitrogens is 1. The SMILES string of the molecule is S=c1ccn(-c2ccccc2)cc1. The molecule has 1 heterocycles. The molecule has 0 bridgehead atoms. The highest BCUT2D eigenvalue weighted by atomic mass is 32.1. The fraction of sp³-hybridized carbons (Fsp3) is 0. The molecule has 2 heteroatoms.